The number of nitrogens with zero attached hydrogens (tertiary/aromatic N) is 5. The summed E-state index contributed by atoms with van der Waals surface area (Å²) in [5, 5.41) is 12.5. The lowest BCUT2D eigenvalue weighted by Gasteiger charge is -2.09. The Labute approximate surface area is 134 Å². The van der Waals surface area contributed by atoms with Crippen LogP contribution in [0.25, 0.3) is 11.0 Å². The maximum atomic E-state index is 12.8. The molecule has 0 radical (unpaired) electrons. The van der Waals surface area contributed by atoms with Crippen LogP contribution in [0.5, 0.6) is 0 Å². The average molecular weight is 312 g/mol. The Morgan fingerprint density at radius 3 is 2.30 bits per heavy atom. The number of amides is 1. The van der Waals surface area contributed by atoms with Crippen molar-refractivity contribution >= 4 is 22.8 Å². The van der Waals surface area contributed by atoms with Crippen LogP contribution < -0.4 is 5.32 Å². The Bertz CT molecular complexity index is 934. The van der Waals surface area contributed by atoms with Gasteiger partial charge in [0.15, 0.2) is 5.65 Å². The van der Waals surface area contributed by atoms with Crippen molar-refractivity contribution in [3.8, 4) is 0 Å². The van der Waals surface area contributed by atoms with E-state index in [9.17, 15) is 4.79 Å². The molecule has 120 valence electrons. The molecule has 0 aliphatic carbocycles. The van der Waals surface area contributed by atoms with E-state index in [4.69, 9.17) is 0 Å². The molecule has 3 heterocycles. The fraction of sp³-hybridized carbons (Fsp3) is 0.375. The highest BCUT2D eigenvalue weighted by Gasteiger charge is 2.20. The van der Waals surface area contributed by atoms with Crippen molar-refractivity contribution < 1.29 is 4.79 Å². The molecule has 0 saturated heterocycles. The van der Waals surface area contributed by atoms with Gasteiger partial charge in [-0.15, -0.1) is 0 Å². The van der Waals surface area contributed by atoms with Gasteiger partial charge in [0.25, 0.3) is 5.91 Å². The summed E-state index contributed by atoms with van der Waals surface area (Å²) >= 11 is 0. The molecule has 1 amide bonds. The summed E-state index contributed by atoms with van der Waals surface area (Å²) < 4.78 is 3.39. The van der Waals surface area contributed by atoms with E-state index in [1.165, 1.54) is 0 Å². The first-order valence-corrected chi connectivity index (χ1v) is 7.42. The first kappa shape index (κ1) is 15.2. The van der Waals surface area contributed by atoms with Crippen molar-refractivity contribution in [1.29, 1.82) is 0 Å². The molecule has 0 aliphatic heterocycles. The number of rotatable bonds is 2. The highest BCUT2D eigenvalue weighted by molar-refractivity contribution is 6.12. The molecule has 3 aromatic rings. The summed E-state index contributed by atoms with van der Waals surface area (Å²) in [6.45, 7) is 7.62. The number of pyridine rings is 1. The van der Waals surface area contributed by atoms with Crippen LogP contribution in [-0.4, -0.2) is 30.5 Å². The second-order valence-corrected chi connectivity index (χ2v) is 5.86. The van der Waals surface area contributed by atoms with Crippen molar-refractivity contribution in [2.75, 3.05) is 5.32 Å². The Kier molecular flexibility index (Phi) is 3.43. The van der Waals surface area contributed by atoms with Gasteiger partial charge >= 0.3 is 0 Å². The van der Waals surface area contributed by atoms with Crippen molar-refractivity contribution in [2.45, 2.75) is 27.7 Å². The molecule has 0 bridgehead atoms. The van der Waals surface area contributed by atoms with Gasteiger partial charge in [-0.25, -0.2) is 4.98 Å². The molecule has 23 heavy (non-hydrogen) atoms. The van der Waals surface area contributed by atoms with Gasteiger partial charge in [0.2, 0.25) is 0 Å². The zero-order valence-corrected chi connectivity index (χ0v) is 14.2. The average Bonchev–Trinajstić information content (AvgIpc) is 2.89. The van der Waals surface area contributed by atoms with Crippen LogP contribution in [-0.2, 0) is 14.1 Å². The molecule has 0 unspecified atom stereocenters. The maximum Gasteiger partial charge on any atom is 0.257 e. The number of carbonyl (C=O) groups excluding carboxylic acids is 1. The van der Waals surface area contributed by atoms with E-state index < -0.39 is 0 Å². The lowest BCUT2D eigenvalue weighted by molar-refractivity contribution is 0.102. The number of anilines is 1. The van der Waals surface area contributed by atoms with Gasteiger partial charge < -0.3 is 5.32 Å². The van der Waals surface area contributed by atoms with E-state index in [1.54, 1.807) is 15.4 Å². The number of aromatic nitrogens is 5. The van der Waals surface area contributed by atoms with Crippen LogP contribution in [0.4, 0.5) is 5.82 Å². The molecule has 0 fully saturated rings. The number of carbonyl (C=O) groups is 1. The van der Waals surface area contributed by atoms with E-state index in [0.29, 0.717) is 17.0 Å². The molecule has 1 N–H and O–H groups in total. The first-order valence-electron chi connectivity index (χ1n) is 7.42. The molecular weight excluding hydrogens is 292 g/mol. The lowest BCUT2D eigenvalue weighted by atomic mass is 10.1. The first-order chi connectivity index (χ1) is 10.8. The molecule has 0 spiro atoms. The zero-order chi connectivity index (χ0) is 16.9. The molecule has 3 aromatic heterocycles. The summed E-state index contributed by atoms with van der Waals surface area (Å²) in [5.74, 6) is 0.527. The highest BCUT2D eigenvalue weighted by Crippen LogP contribution is 2.24. The monoisotopic (exact) mass is 312 g/mol. The normalized spacial score (nSPS) is 11.2. The topological polar surface area (TPSA) is 77.6 Å². The van der Waals surface area contributed by atoms with Crippen LogP contribution in [0.2, 0.25) is 0 Å². The van der Waals surface area contributed by atoms with Crippen LogP contribution in [0.15, 0.2) is 6.07 Å². The quantitative estimate of drug-likeness (QED) is 0.787. The SMILES string of the molecule is Cc1cc(C(=O)Nc2c(C)c(C)nn2C)c2c(C)nn(C)c2n1. The van der Waals surface area contributed by atoms with Gasteiger partial charge in [0.05, 0.1) is 22.3 Å². The van der Waals surface area contributed by atoms with Crippen molar-refractivity contribution in [3.05, 3.63) is 34.3 Å². The van der Waals surface area contributed by atoms with Gasteiger partial charge in [0, 0.05) is 25.4 Å². The standard InChI is InChI=1S/C16H20N6O/c1-8-7-12(13-11(4)20-22(6)15(13)17-8)16(23)18-14-9(2)10(3)19-21(14)5/h7H,1-6H3,(H,18,23). The van der Waals surface area contributed by atoms with Gasteiger partial charge in [-0.1, -0.05) is 0 Å². The molecule has 0 aliphatic rings. The van der Waals surface area contributed by atoms with Crippen LogP contribution in [0.3, 0.4) is 0 Å². The smallest absolute Gasteiger partial charge is 0.257 e. The number of hydrogen-bond donors (Lipinski definition) is 1. The Hall–Kier alpha value is -2.70. The summed E-state index contributed by atoms with van der Waals surface area (Å²) in [4.78, 5) is 17.3. The Morgan fingerprint density at radius 2 is 1.70 bits per heavy atom. The second kappa shape index (κ2) is 5.19. The molecule has 3 rings (SSSR count). The lowest BCUT2D eigenvalue weighted by Crippen LogP contribution is -2.16. The second-order valence-electron chi connectivity index (χ2n) is 5.86. The molecule has 0 atom stereocenters. The van der Waals surface area contributed by atoms with E-state index in [1.807, 2.05) is 41.8 Å². The van der Waals surface area contributed by atoms with Crippen LogP contribution in [0, 0.1) is 27.7 Å². The van der Waals surface area contributed by atoms with Gasteiger partial charge in [0.1, 0.15) is 5.82 Å². The third-order valence-electron chi connectivity index (χ3n) is 4.09. The van der Waals surface area contributed by atoms with Gasteiger partial charge in [-0.2, -0.15) is 10.2 Å². The van der Waals surface area contributed by atoms with Crippen molar-refractivity contribution in [3.63, 3.8) is 0 Å². The minimum Gasteiger partial charge on any atom is -0.307 e. The summed E-state index contributed by atoms with van der Waals surface area (Å²) in [6, 6.07) is 1.80. The minimum absolute atomic E-state index is 0.178. The molecule has 0 saturated carbocycles. The third kappa shape index (κ3) is 2.38. The summed E-state index contributed by atoms with van der Waals surface area (Å²) in [7, 11) is 3.65. The van der Waals surface area contributed by atoms with E-state index in [-0.39, 0.29) is 5.91 Å². The van der Waals surface area contributed by atoms with Crippen LogP contribution in [0.1, 0.15) is 33.0 Å². The number of hydrogen-bond acceptors (Lipinski definition) is 4. The maximum absolute atomic E-state index is 12.8. The molecular formula is C16H20N6O. The highest BCUT2D eigenvalue weighted by atomic mass is 16.1. The third-order valence-corrected chi connectivity index (χ3v) is 4.09. The molecule has 0 aromatic carbocycles. The fourth-order valence-electron chi connectivity index (χ4n) is 2.86. The van der Waals surface area contributed by atoms with Crippen molar-refractivity contribution in [1.82, 2.24) is 24.5 Å². The molecule has 7 heteroatoms. The minimum atomic E-state index is -0.178. The largest absolute Gasteiger partial charge is 0.307 e. The predicted molar refractivity (Wildman–Crippen MR) is 88.6 cm³/mol. The Morgan fingerprint density at radius 1 is 1.04 bits per heavy atom. The summed E-state index contributed by atoms with van der Waals surface area (Å²) in [6.07, 6.45) is 0. The zero-order valence-electron chi connectivity index (χ0n) is 14.2. The van der Waals surface area contributed by atoms with E-state index >= 15 is 0 Å². The van der Waals surface area contributed by atoms with E-state index in [2.05, 4.69) is 20.5 Å². The Balaban J connectivity index is 2.11. The summed E-state index contributed by atoms with van der Waals surface area (Å²) in [5.41, 5.74) is 4.73. The number of fused-ring (bicyclic) bond motifs is 1. The predicted octanol–water partition coefficient (Wildman–Crippen LogP) is 2.19. The molecule has 7 nitrogen and oxygen atoms in total. The number of aryl methyl sites for hydroxylation is 5. The fourth-order valence-corrected chi connectivity index (χ4v) is 2.86. The van der Waals surface area contributed by atoms with Crippen molar-refractivity contribution in [2.24, 2.45) is 14.1 Å². The number of nitrogens with one attached hydrogen (secondary N) is 1. The van der Waals surface area contributed by atoms with Gasteiger partial charge in [-0.3, -0.25) is 14.2 Å². The van der Waals surface area contributed by atoms with Crippen LogP contribution >= 0.6 is 0 Å². The van der Waals surface area contributed by atoms with E-state index in [0.717, 1.165) is 28.0 Å². The van der Waals surface area contributed by atoms with Gasteiger partial charge in [-0.05, 0) is 33.8 Å².